The lowest BCUT2D eigenvalue weighted by molar-refractivity contribution is -0.143. The van der Waals surface area contributed by atoms with Crippen molar-refractivity contribution in [1.29, 1.82) is 0 Å². The maximum Gasteiger partial charge on any atom is 0.416 e. The molecule has 1 spiro atoms. The van der Waals surface area contributed by atoms with E-state index in [0.717, 1.165) is 80.3 Å². The lowest BCUT2D eigenvalue weighted by Gasteiger charge is -2.44. The predicted molar refractivity (Wildman–Crippen MR) is 291 cm³/mol. The van der Waals surface area contributed by atoms with Crippen LogP contribution in [0.3, 0.4) is 0 Å². The second-order valence-corrected chi connectivity index (χ2v) is 22.9. The van der Waals surface area contributed by atoms with E-state index in [1.807, 2.05) is 36.2 Å². The first-order valence-electron chi connectivity index (χ1n) is 27.7. The summed E-state index contributed by atoms with van der Waals surface area (Å²) in [6.07, 6.45) is 0.0483. The molecule has 13 nitrogen and oxygen atoms in total. The summed E-state index contributed by atoms with van der Waals surface area (Å²) in [6.45, 7) is 6.35. The molecule has 4 aromatic rings. The third-order valence-corrected chi connectivity index (χ3v) is 17.4. The molecular weight excluding hydrogens is 1070 g/mol. The van der Waals surface area contributed by atoms with Gasteiger partial charge in [-0.05, 0) is 150 Å². The Balaban J connectivity index is 0.779. The molecule has 0 unspecified atom stereocenters. The van der Waals surface area contributed by atoms with Gasteiger partial charge >= 0.3 is 12.4 Å². The molecule has 4 heterocycles. The van der Waals surface area contributed by atoms with Crippen LogP contribution in [0, 0.1) is 12.2 Å². The zero-order valence-electron chi connectivity index (χ0n) is 45.8. The van der Waals surface area contributed by atoms with Crippen molar-refractivity contribution in [2.24, 2.45) is 0 Å². The number of nitrogens with one attached hydrogen (secondary N) is 1. The number of benzene rings is 3. The van der Waals surface area contributed by atoms with Gasteiger partial charge < -0.3 is 44.2 Å². The molecule has 8 rings (SSSR count). The fraction of sp³-hybridized carbons (Fsp3) is 0.542. The predicted octanol–water partition coefficient (Wildman–Crippen LogP) is 9.97. The number of likely N-dealkylation sites (tertiary alicyclic amines) is 2. The number of thiophene rings is 1. The van der Waals surface area contributed by atoms with Gasteiger partial charge in [-0.1, -0.05) is 42.8 Å². The topological polar surface area (TPSA) is 118 Å². The van der Waals surface area contributed by atoms with Crippen molar-refractivity contribution >= 4 is 40.0 Å². The Morgan fingerprint density at radius 3 is 2.11 bits per heavy atom. The van der Waals surface area contributed by atoms with E-state index in [1.165, 1.54) is 41.2 Å². The minimum Gasteiger partial charge on any atom is -0.377 e. The molecular formula is C59H73F7N7O6S. The Hall–Kier alpha value is -5.61. The number of unbranched alkanes of at least 4 members (excludes halogenated alkanes) is 2. The number of alkyl halides is 6. The van der Waals surface area contributed by atoms with Gasteiger partial charge in [0, 0.05) is 77.8 Å². The highest BCUT2D eigenvalue weighted by Crippen LogP contribution is 2.48. The molecule has 80 heavy (non-hydrogen) atoms. The highest BCUT2D eigenvalue weighted by Gasteiger charge is 2.50. The molecule has 0 bridgehead atoms. The summed E-state index contributed by atoms with van der Waals surface area (Å²) >= 11 is 1.41. The van der Waals surface area contributed by atoms with E-state index in [1.54, 1.807) is 23.9 Å². The molecule has 4 amide bonds. The first kappa shape index (κ1) is 60.5. The first-order chi connectivity index (χ1) is 38.1. The minimum atomic E-state index is -5.14. The lowest BCUT2D eigenvalue weighted by atomic mass is 9.72. The molecule has 1 radical (unpaired) electrons. The quantitative estimate of drug-likeness (QED) is 0.0572. The zero-order chi connectivity index (χ0) is 57.2. The number of piperidine rings is 2. The van der Waals surface area contributed by atoms with Crippen LogP contribution in [0.25, 0.3) is 0 Å². The Bertz CT molecular complexity index is 2710. The number of nitrogens with zero attached hydrogens (tertiary/aromatic N) is 6. The van der Waals surface area contributed by atoms with Gasteiger partial charge in [0.25, 0.3) is 11.8 Å². The molecule has 1 aromatic heterocycles. The second-order valence-electron chi connectivity index (χ2n) is 21.8. The van der Waals surface area contributed by atoms with Gasteiger partial charge in [0.15, 0.2) is 0 Å². The summed E-state index contributed by atoms with van der Waals surface area (Å²) in [4.78, 5) is 64.7. The number of ether oxygens (including phenoxy) is 2. The van der Waals surface area contributed by atoms with Crippen molar-refractivity contribution < 1.29 is 59.4 Å². The van der Waals surface area contributed by atoms with Crippen LogP contribution >= 0.6 is 11.3 Å². The van der Waals surface area contributed by atoms with E-state index in [2.05, 4.69) is 33.7 Å². The van der Waals surface area contributed by atoms with E-state index < -0.39 is 58.5 Å². The van der Waals surface area contributed by atoms with Crippen LogP contribution in [0.4, 0.5) is 35.7 Å². The molecule has 1 aliphatic carbocycles. The SMILES string of the molecule is CN(CCN1CC[CH]CC1)C(=O)CCCCCNc1ccc(C(=O)N(C)CCCN(C)C(=O)CO[C@H]2Cc3ccccc3C23CCN(CC[C@]2(c4ccc(F)cc4)CN(C(=O)c4cc(C(F)(F)F)cc(C(F)(F)F)c4)CO2)CC3)s1. The molecule has 3 aromatic carbocycles. The second kappa shape index (κ2) is 26.5. The molecule has 1 N–H and O–H groups in total. The largest absolute Gasteiger partial charge is 0.416 e. The number of hydrogen-bond acceptors (Lipinski definition) is 10. The smallest absolute Gasteiger partial charge is 0.377 e. The van der Waals surface area contributed by atoms with Gasteiger partial charge in [0.1, 0.15) is 24.8 Å². The molecule has 4 aliphatic rings. The highest BCUT2D eigenvalue weighted by atomic mass is 32.1. The number of likely N-dealkylation sites (N-methyl/N-ethyl adjacent to an activating group) is 2. The van der Waals surface area contributed by atoms with Crippen molar-refractivity contribution in [3.8, 4) is 0 Å². The van der Waals surface area contributed by atoms with Crippen LogP contribution < -0.4 is 5.32 Å². The molecule has 3 saturated heterocycles. The fourth-order valence-electron chi connectivity index (χ4n) is 11.5. The Kier molecular flexibility index (Phi) is 20.1. The van der Waals surface area contributed by atoms with Crippen LogP contribution in [0.2, 0.25) is 0 Å². The van der Waals surface area contributed by atoms with E-state index in [0.29, 0.717) is 87.4 Å². The maximum absolute atomic E-state index is 14.2. The lowest BCUT2D eigenvalue weighted by Crippen LogP contribution is -2.50. The summed E-state index contributed by atoms with van der Waals surface area (Å²) in [5.41, 5.74) is -2.81. The van der Waals surface area contributed by atoms with Gasteiger partial charge in [-0.2, -0.15) is 26.3 Å². The summed E-state index contributed by atoms with van der Waals surface area (Å²) in [5, 5.41) is 4.32. The summed E-state index contributed by atoms with van der Waals surface area (Å²) < 4.78 is 109. The van der Waals surface area contributed by atoms with Crippen molar-refractivity contribution in [1.82, 2.24) is 29.4 Å². The molecule has 3 aliphatic heterocycles. The van der Waals surface area contributed by atoms with Gasteiger partial charge in [-0.15, -0.1) is 11.3 Å². The third kappa shape index (κ3) is 15.1. The van der Waals surface area contributed by atoms with E-state index in [9.17, 15) is 49.9 Å². The molecule has 21 heteroatoms. The average Bonchev–Trinajstić information content (AvgIpc) is 4.20. The highest BCUT2D eigenvalue weighted by molar-refractivity contribution is 7.17. The van der Waals surface area contributed by atoms with Crippen molar-refractivity contribution in [3.05, 3.63) is 129 Å². The Morgan fingerprint density at radius 2 is 1.41 bits per heavy atom. The number of hydrogen-bond donors (Lipinski definition) is 1. The van der Waals surface area contributed by atoms with E-state index in [4.69, 9.17) is 9.47 Å². The van der Waals surface area contributed by atoms with Gasteiger partial charge in [0.05, 0.1) is 33.7 Å². The summed E-state index contributed by atoms with van der Waals surface area (Å²) in [5.74, 6) is -1.68. The normalized spacial score (nSPS) is 19.5. The Labute approximate surface area is 468 Å². The van der Waals surface area contributed by atoms with Gasteiger partial charge in [-0.3, -0.25) is 19.2 Å². The molecule has 3 fully saturated rings. The standard InChI is InChI=1S/C59H73F7N7O6S/c1-68(26-12-27-70(3)55(77)49-20-21-51(80-49)67-25-9-4-6-15-52(74)69(2)33-34-71-28-10-5-11-29-71)53(75)39-78-50-37-42-13-7-8-14-48(42)56(50)22-30-72(31-23-56)32-24-57(44-16-18-47(60)19-17-44)40-73(41-79-57)54(76)43-35-45(58(61,62)63)38-46(36-43)59(64,65)66/h5,7-8,13-14,16-21,35-36,38,50,67H,4,6,9-12,15,22-34,37,39-41H2,1-3H3/t50-,57+/m0/s1. The molecule has 2 atom stereocenters. The van der Waals surface area contributed by atoms with E-state index in [-0.39, 0.29) is 49.5 Å². The van der Waals surface area contributed by atoms with Crippen LogP contribution in [0.1, 0.15) is 112 Å². The number of anilines is 1. The number of amides is 4. The zero-order valence-corrected chi connectivity index (χ0v) is 46.6. The summed E-state index contributed by atoms with van der Waals surface area (Å²) in [6, 6.07) is 18.2. The Morgan fingerprint density at radius 1 is 0.750 bits per heavy atom. The van der Waals surface area contributed by atoms with Gasteiger partial charge in [0.2, 0.25) is 11.8 Å². The van der Waals surface area contributed by atoms with Crippen molar-refractivity contribution in [2.75, 3.05) is 112 Å². The first-order valence-corrected chi connectivity index (χ1v) is 28.5. The van der Waals surface area contributed by atoms with Crippen LogP contribution in [-0.2, 0) is 48.9 Å². The molecule has 435 valence electrons. The monoisotopic (exact) mass is 1140 g/mol. The number of halogens is 7. The fourth-order valence-corrected chi connectivity index (χ4v) is 12.4. The average molecular weight is 1140 g/mol. The van der Waals surface area contributed by atoms with Crippen molar-refractivity contribution in [2.45, 2.75) is 100 Å². The number of fused-ring (bicyclic) bond motifs is 2. The number of carbonyl (C=O) groups excluding carboxylic acids is 4. The van der Waals surface area contributed by atoms with E-state index >= 15 is 0 Å². The van der Waals surface area contributed by atoms with Crippen LogP contribution in [0.15, 0.2) is 78.9 Å². The summed E-state index contributed by atoms with van der Waals surface area (Å²) in [7, 11) is 5.37. The van der Waals surface area contributed by atoms with Crippen LogP contribution in [0.5, 0.6) is 0 Å². The number of rotatable bonds is 23. The van der Waals surface area contributed by atoms with Crippen molar-refractivity contribution in [3.63, 3.8) is 0 Å². The van der Waals surface area contributed by atoms with Crippen LogP contribution in [-0.4, -0.2) is 166 Å². The maximum atomic E-state index is 14.2. The minimum absolute atomic E-state index is 0.0257. The number of carbonyl (C=O) groups is 4. The molecule has 0 saturated carbocycles. The third-order valence-electron chi connectivity index (χ3n) is 16.4. The van der Waals surface area contributed by atoms with Gasteiger partial charge in [-0.25, -0.2) is 4.39 Å².